The van der Waals surface area contributed by atoms with E-state index in [2.05, 4.69) is 39.8 Å². The van der Waals surface area contributed by atoms with Gasteiger partial charge in [0.1, 0.15) is 5.69 Å². The Bertz CT molecular complexity index is 1150. The topological polar surface area (TPSA) is 95.2 Å². The van der Waals surface area contributed by atoms with Crippen molar-refractivity contribution in [3.8, 4) is 11.1 Å². The van der Waals surface area contributed by atoms with E-state index in [-0.39, 0.29) is 23.1 Å². The summed E-state index contributed by atoms with van der Waals surface area (Å²) >= 11 is 0. The first-order valence-electron chi connectivity index (χ1n) is 10.8. The molecule has 1 aromatic heterocycles. The van der Waals surface area contributed by atoms with Gasteiger partial charge in [-0.2, -0.15) is 5.10 Å². The van der Waals surface area contributed by atoms with E-state index >= 15 is 0 Å². The van der Waals surface area contributed by atoms with Crippen LogP contribution in [0.4, 0.5) is 0 Å². The van der Waals surface area contributed by atoms with E-state index < -0.39 is 5.41 Å². The van der Waals surface area contributed by atoms with Crippen LogP contribution in [0.1, 0.15) is 29.4 Å². The summed E-state index contributed by atoms with van der Waals surface area (Å²) in [5, 5.41) is 9.14. The fraction of sp³-hybridized carbons (Fsp3) is 0.280. The summed E-state index contributed by atoms with van der Waals surface area (Å²) in [5.41, 5.74) is 2.32. The molecule has 1 saturated heterocycles. The number of hydrogen-bond acceptors (Lipinski definition) is 4. The molecule has 7 nitrogen and oxygen atoms in total. The Hall–Kier alpha value is -3.74. The van der Waals surface area contributed by atoms with Crippen molar-refractivity contribution in [1.82, 2.24) is 20.4 Å². The predicted molar refractivity (Wildman–Crippen MR) is 122 cm³/mol. The largest absolute Gasteiger partial charge is 0.356 e. The van der Waals surface area contributed by atoms with E-state index in [1.165, 1.54) is 12.1 Å². The second-order valence-corrected chi connectivity index (χ2v) is 8.12. The van der Waals surface area contributed by atoms with Crippen molar-refractivity contribution in [2.24, 2.45) is 5.41 Å². The third kappa shape index (κ3) is 4.32. The summed E-state index contributed by atoms with van der Waals surface area (Å²) in [4.78, 5) is 39.2. The molecule has 2 heterocycles. The number of H-pyrrole nitrogens is 1. The number of likely N-dealkylation sites (tertiary alicyclic amines) is 1. The van der Waals surface area contributed by atoms with Crippen molar-refractivity contribution in [2.75, 3.05) is 19.6 Å². The smallest absolute Gasteiger partial charge is 0.274 e. The van der Waals surface area contributed by atoms with Gasteiger partial charge in [0.15, 0.2) is 0 Å². The van der Waals surface area contributed by atoms with Gasteiger partial charge >= 0.3 is 0 Å². The zero-order chi connectivity index (χ0) is 22.6. The highest BCUT2D eigenvalue weighted by Crippen LogP contribution is 2.38. The molecule has 1 aliphatic rings. The molecule has 164 valence electrons. The molecule has 1 atom stereocenters. The van der Waals surface area contributed by atoms with Crippen LogP contribution in [0, 0.1) is 5.41 Å². The Morgan fingerprint density at radius 3 is 2.53 bits per heavy atom. The number of carbonyl (C=O) groups is 2. The van der Waals surface area contributed by atoms with Crippen LogP contribution in [-0.4, -0.2) is 46.5 Å². The lowest BCUT2D eigenvalue weighted by atomic mass is 9.78. The molecule has 2 amide bonds. The number of aromatic amines is 1. The van der Waals surface area contributed by atoms with Crippen molar-refractivity contribution in [3.63, 3.8) is 0 Å². The van der Waals surface area contributed by atoms with E-state index in [1.54, 1.807) is 4.90 Å². The monoisotopic (exact) mass is 430 g/mol. The quantitative estimate of drug-likeness (QED) is 0.629. The lowest BCUT2D eigenvalue weighted by Crippen LogP contribution is -2.45. The maximum atomic E-state index is 13.3. The highest BCUT2D eigenvalue weighted by molar-refractivity contribution is 5.93. The number of benzene rings is 2. The van der Waals surface area contributed by atoms with Gasteiger partial charge in [0.25, 0.3) is 11.5 Å². The number of rotatable bonds is 6. The molecule has 0 unspecified atom stereocenters. The Morgan fingerprint density at radius 2 is 1.81 bits per heavy atom. The zero-order valence-corrected chi connectivity index (χ0v) is 18.0. The van der Waals surface area contributed by atoms with Gasteiger partial charge in [0, 0.05) is 25.7 Å². The van der Waals surface area contributed by atoms with Crippen LogP contribution in [0.25, 0.3) is 11.1 Å². The fourth-order valence-electron chi connectivity index (χ4n) is 4.37. The molecule has 0 radical (unpaired) electrons. The molecule has 2 N–H and O–H groups in total. The van der Waals surface area contributed by atoms with Crippen molar-refractivity contribution >= 4 is 11.8 Å². The van der Waals surface area contributed by atoms with Crippen molar-refractivity contribution in [1.29, 1.82) is 0 Å². The molecular weight excluding hydrogens is 404 g/mol. The highest BCUT2D eigenvalue weighted by atomic mass is 16.2. The highest BCUT2D eigenvalue weighted by Gasteiger charge is 2.46. The van der Waals surface area contributed by atoms with E-state index in [1.807, 2.05) is 37.3 Å². The first-order chi connectivity index (χ1) is 15.5. The number of hydrogen-bond donors (Lipinski definition) is 2. The molecule has 7 heteroatoms. The Labute approximate surface area is 186 Å². The van der Waals surface area contributed by atoms with E-state index in [0.717, 1.165) is 16.7 Å². The molecule has 32 heavy (non-hydrogen) atoms. The van der Waals surface area contributed by atoms with E-state index in [9.17, 15) is 14.4 Å². The normalized spacial score (nSPS) is 17.8. The molecule has 3 aromatic rings. The third-order valence-electron chi connectivity index (χ3n) is 5.99. The third-order valence-corrected chi connectivity index (χ3v) is 5.99. The predicted octanol–water partition coefficient (Wildman–Crippen LogP) is 2.65. The number of nitrogens with zero attached hydrogens (tertiary/aromatic N) is 2. The number of nitrogens with one attached hydrogen (secondary N) is 2. The van der Waals surface area contributed by atoms with Crippen LogP contribution in [0.2, 0.25) is 0 Å². The minimum absolute atomic E-state index is 0.0485. The first kappa shape index (κ1) is 21.5. The minimum Gasteiger partial charge on any atom is -0.356 e. The van der Waals surface area contributed by atoms with Crippen LogP contribution in [0.3, 0.4) is 0 Å². The van der Waals surface area contributed by atoms with Gasteiger partial charge in [-0.15, -0.1) is 0 Å². The lowest BCUT2D eigenvalue weighted by Gasteiger charge is -2.29. The van der Waals surface area contributed by atoms with Gasteiger partial charge in [-0.25, -0.2) is 5.10 Å². The second-order valence-electron chi connectivity index (χ2n) is 8.12. The summed E-state index contributed by atoms with van der Waals surface area (Å²) in [6, 6.07) is 20.9. The number of amides is 2. The van der Waals surface area contributed by atoms with Crippen molar-refractivity contribution in [3.05, 3.63) is 88.3 Å². The Balaban J connectivity index is 1.65. The standard InChI is InChI=1S/C25H26N4O3/c1-2-26-24(32)25(14-15-29(17-25)23(31)21-12-13-22(30)28-27-21)16-19-10-6-7-11-20(19)18-8-4-3-5-9-18/h3-13H,2,14-17H2,1H3,(H,26,32)(H,28,30)/t25-/m0/s1. The molecular formula is C25H26N4O3. The minimum atomic E-state index is -0.737. The lowest BCUT2D eigenvalue weighted by molar-refractivity contribution is -0.130. The summed E-state index contributed by atoms with van der Waals surface area (Å²) in [5.74, 6) is -0.337. The summed E-state index contributed by atoms with van der Waals surface area (Å²) in [7, 11) is 0. The Morgan fingerprint density at radius 1 is 1.06 bits per heavy atom. The fourth-order valence-corrected chi connectivity index (χ4v) is 4.37. The van der Waals surface area contributed by atoms with Crippen LogP contribution >= 0.6 is 0 Å². The Kier molecular flexibility index (Phi) is 6.16. The van der Waals surface area contributed by atoms with Gasteiger partial charge in [-0.3, -0.25) is 14.4 Å². The summed E-state index contributed by atoms with van der Waals surface area (Å²) in [6.07, 6.45) is 1.07. The SMILES string of the molecule is CCNC(=O)[C@]1(Cc2ccccc2-c2ccccc2)CCN(C(=O)c2ccc(=O)[nH]n2)C1. The van der Waals surface area contributed by atoms with Gasteiger partial charge in [-0.1, -0.05) is 54.6 Å². The van der Waals surface area contributed by atoms with Crippen LogP contribution in [0.15, 0.2) is 71.5 Å². The number of carbonyl (C=O) groups excluding carboxylic acids is 2. The van der Waals surface area contributed by atoms with Gasteiger partial charge in [0.05, 0.1) is 5.41 Å². The van der Waals surface area contributed by atoms with Crippen LogP contribution < -0.4 is 10.9 Å². The van der Waals surface area contributed by atoms with Crippen LogP contribution in [-0.2, 0) is 11.2 Å². The maximum absolute atomic E-state index is 13.3. The van der Waals surface area contributed by atoms with Gasteiger partial charge in [0.2, 0.25) is 5.91 Å². The second kappa shape index (κ2) is 9.18. The molecule has 0 spiro atoms. The molecule has 0 aliphatic carbocycles. The van der Waals surface area contributed by atoms with Crippen molar-refractivity contribution < 1.29 is 9.59 Å². The van der Waals surface area contributed by atoms with Gasteiger partial charge in [-0.05, 0) is 42.5 Å². The first-order valence-corrected chi connectivity index (χ1v) is 10.8. The van der Waals surface area contributed by atoms with Crippen LogP contribution in [0.5, 0.6) is 0 Å². The van der Waals surface area contributed by atoms with Gasteiger partial charge < -0.3 is 10.2 Å². The molecule has 2 aromatic carbocycles. The van der Waals surface area contributed by atoms with E-state index in [4.69, 9.17) is 0 Å². The molecule has 0 bridgehead atoms. The molecule has 1 fully saturated rings. The van der Waals surface area contributed by atoms with Crippen molar-refractivity contribution in [2.45, 2.75) is 19.8 Å². The molecule has 1 aliphatic heterocycles. The van der Waals surface area contributed by atoms with E-state index in [0.29, 0.717) is 32.5 Å². The maximum Gasteiger partial charge on any atom is 0.274 e. The molecule has 0 saturated carbocycles. The summed E-state index contributed by atoms with van der Waals surface area (Å²) < 4.78 is 0. The zero-order valence-electron chi connectivity index (χ0n) is 18.0. The molecule has 4 rings (SSSR count). The number of aromatic nitrogens is 2. The average molecular weight is 431 g/mol. The average Bonchev–Trinajstić information content (AvgIpc) is 3.25. The summed E-state index contributed by atoms with van der Waals surface area (Å²) in [6.45, 7) is 3.16.